The molecule has 3 aromatic rings. The van der Waals surface area contributed by atoms with E-state index in [9.17, 15) is 9.59 Å². The Hall–Kier alpha value is -3.35. The Bertz CT molecular complexity index is 1010. The van der Waals surface area contributed by atoms with E-state index in [1.54, 1.807) is 4.90 Å². The van der Waals surface area contributed by atoms with Crippen LogP contribution in [0.2, 0.25) is 0 Å². The number of nitrogens with one attached hydrogen (secondary N) is 2. The van der Waals surface area contributed by atoms with Crippen LogP contribution in [0.1, 0.15) is 28.9 Å². The highest BCUT2D eigenvalue weighted by atomic mass is 16.2. The molecule has 4 N–H and O–H groups in total. The molecule has 0 radical (unpaired) electrons. The predicted molar refractivity (Wildman–Crippen MR) is 105 cm³/mol. The molecule has 1 aliphatic heterocycles. The van der Waals surface area contributed by atoms with Crippen LogP contribution in [0.5, 0.6) is 0 Å². The lowest BCUT2D eigenvalue weighted by molar-refractivity contribution is -0.118. The molecule has 7 nitrogen and oxygen atoms in total. The zero-order valence-corrected chi connectivity index (χ0v) is 14.9. The van der Waals surface area contributed by atoms with Crippen molar-refractivity contribution in [3.63, 3.8) is 0 Å². The summed E-state index contributed by atoms with van der Waals surface area (Å²) in [5.74, 6) is -0.308. The van der Waals surface area contributed by atoms with Crippen LogP contribution >= 0.6 is 0 Å². The van der Waals surface area contributed by atoms with Gasteiger partial charge in [-0.3, -0.25) is 14.7 Å². The summed E-state index contributed by atoms with van der Waals surface area (Å²) >= 11 is 0. The molecule has 0 saturated heterocycles. The maximum absolute atomic E-state index is 12.7. The smallest absolute Gasteiger partial charge is 0.272 e. The fourth-order valence-electron chi connectivity index (χ4n) is 3.55. The lowest BCUT2D eigenvalue weighted by Gasteiger charge is -2.30. The molecule has 0 atom stereocenters. The highest BCUT2D eigenvalue weighted by Gasteiger charge is 2.23. The van der Waals surface area contributed by atoms with Gasteiger partial charge in [-0.15, -0.1) is 0 Å². The van der Waals surface area contributed by atoms with Crippen LogP contribution in [0.15, 0.2) is 42.5 Å². The van der Waals surface area contributed by atoms with Crippen molar-refractivity contribution in [3.8, 4) is 0 Å². The molecule has 4 rings (SSSR count). The summed E-state index contributed by atoms with van der Waals surface area (Å²) in [5, 5.41) is 10.5. The average Bonchev–Trinajstić information content (AvgIpc) is 3.12. The van der Waals surface area contributed by atoms with Gasteiger partial charge < -0.3 is 16.0 Å². The Kier molecular flexibility index (Phi) is 4.50. The molecule has 1 aromatic heterocycles. The van der Waals surface area contributed by atoms with Gasteiger partial charge in [0, 0.05) is 36.3 Å². The van der Waals surface area contributed by atoms with E-state index in [-0.39, 0.29) is 24.8 Å². The van der Waals surface area contributed by atoms with Crippen molar-refractivity contribution in [3.05, 3.63) is 53.7 Å². The molecule has 0 saturated carbocycles. The van der Waals surface area contributed by atoms with Gasteiger partial charge in [0.25, 0.3) is 5.91 Å². The molecule has 0 unspecified atom stereocenters. The van der Waals surface area contributed by atoms with Crippen molar-refractivity contribution in [2.24, 2.45) is 0 Å². The maximum atomic E-state index is 12.7. The SMILES string of the molecule is Nc1cccc2c1CCCN2C(=O)CCNC(=O)c1n[nH]c2ccccc12. The minimum Gasteiger partial charge on any atom is -0.398 e. The van der Waals surface area contributed by atoms with Gasteiger partial charge in [-0.1, -0.05) is 24.3 Å². The van der Waals surface area contributed by atoms with Gasteiger partial charge in [0.05, 0.1) is 5.52 Å². The summed E-state index contributed by atoms with van der Waals surface area (Å²) in [6.07, 6.45) is 2.00. The van der Waals surface area contributed by atoms with E-state index in [1.165, 1.54) is 0 Å². The summed E-state index contributed by atoms with van der Waals surface area (Å²) in [5.41, 5.74) is 9.83. The van der Waals surface area contributed by atoms with Crippen LogP contribution in [0.4, 0.5) is 11.4 Å². The Balaban J connectivity index is 1.39. The first kappa shape index (κ1) is 17.1. The monoisotopic (exact) mass is 363 g/mol. The van der Waals surface area contributed by atoms with Crippen LogP contribution in [0, 0.1) is 0 Å². The number of hydrogen-bond donors (Lipinski definition) is 3. The lowest BCUT2D eigenvalue weighted by Crippen LogP contribution is -2.38. The van der Waals surface area contributed by atoms with Crippen LogP contribution < -0.4 is 16.0 Å². The van der Waals surface area contributed by atoms with Crippen molar-refractivity contribution in [2.45, 2.75) is 19.3 Å². The summed E-state index contributed by atoms with van der Waals surface area (Å²) < 4.78 is 0. The van der Waals surface area contributed by atoms with E-state index in [0.717, 1.165) is 40.7 Å². The number of H-pyrrole nitrogens is 1. The molecule has 2 amide bonds. The topological polar surface area (TPSA) is 104 Å². The fraction of sp³-hybridized carbons (Fsp3) is 0.250. The number of amides is 2. The van der Waals surface area contributed by atoms with Gasteiger partial charge in [-0.05, 0) is 36.6 Å². The van der Waals surface area contributed by atoms with Crippen molar-refractivity contribution in [1.82, 2.24) is 15.5 Å². The van der Waals surface area contributed by atoms with Crippen LogP contribution in [0.25, 0.3) is 10.9 Å². The number of anilines is 2. The molecule has 7 heteroatoms. The minimum absolute atomic E-state index is 0.0197. The van der Waals surface area contributed by atoms with Crippen molar-refractivity contribution in [1.29, 1.82) is 0 Å². The number of nitrogens with zero attached hydrogens (tertiary/aromatic N) is 2. The lowest BCUT2D eigenvalue weighted by atomic mass is 9.99. The van der Waals surface area contributed by atoms with Crippen molar-refractivity contribution < 1.29 is 9.59 Å². The molecule has 27 heavy (non-hydrogen) atoms. The second-order valence-corrected chi connectivity index (χ2v) is 6.62. The number of carbonyl (C=O) groups is 2. The van der Waals surface area contributed by atoms with E-state index in [1.807, 2.05) is 42.5 Å². The van der Waals surface area contributed by atoms with Gasteiger partial charge in [0.15, 0.2) is 5.69 Å². The number of aromatic nitrogens is 2. The number of benzene rings is 2. The minimum atomic E-state index is -0.288. The molecule has 2 aromatic carbocycles. The van der Waals surface area contributed by atoms with Gasteiger partial charge >= 0.3 is 0 Å². The first-order chi connectivity index (χ1) is 13.1. The Labute approximate surface area is 156 Å². The Morgan fingerprint density at radius 2 is 2.04 bits per heavy atom. The first-order valence-corrected chi connectivity index (χ1v) is 9.04. The van der Waals surface area contributed by atoms with E-state index in [4.69, 9.17) is 5.73 Å². The zero-order chi connectivity index (χ0) is 18.8. The predicted octanol–water partition coefficient (Wildman–Crippen LogP) is 2.24. The Morgan fingerprint density at radius 3 is 2.93 bits per heavy atom. The number of nitrogen functional groups attached to an aromatic ring is 1. The number of para-hydroxylation sites is 1. The Morgan fingerprint density at radius 1 is 1.19 bits per heavy atom. The number of rotatable bonds is 4. The average molecular weight is 363 g/mol. The van der Waals surface area contributed by atoms with Crippen LogP contribution in [0.3, 0.4) is 0 Å². The largest absolute Gasteiger partial charge is 0.398 e. The van der Waals surface area contributed by atoms with E-state index >= 15 is 0 Å². The quantitative estimate of drug-likeness (QED) is 0.618. The van der Waals surface area contributed by atoms with Gasteiger partial charge in [-0.25, -0.2) is 0 Å². The van der Waals surface area contributed by atoms with Crippen molar-refractivity contribution in [2.75, 3.05) is 23.7 Å². The molecule has 0 spiro atoms. The molecular formula is C20H21N5O2. The summed E-state index contributed by atoms with van der Waals surface area (Å²) in [7, 11) is 0. The third-order valence-electron chi connectivity index (χ3n) is 4.90. The van der Waals surface area contributed by atoms with E-state index in [2.05, 4.69) is 15.5 Å². The summed E-state index contributed by atoms with van der Waals surface area (Å²) in [6, 6.07) is 13.1. The highest BCUT2D eigenvalue weighted by Crippen LogP contribution is 2.31. The second-order valence-electron chi connectivity index (χ2n) is 6.62. The number of aromatic amines is 1. The number of carbonyl (C=O) groups excluding carboxylic acids is 2. The summed E-state index contributed by atoms with van der Waals surface area (Å²) in [4.78, 5) is 26.8. The molecule has 2 heterocycles. The summed E-state index contributed by atoms with van der Waals surface area (Å²) in [6.45, 7) is 0.931. The van der Waals surface area contributed by atoms with Crippen LogP contribution in [-0.2, 0) is 11.2 Å². The third-order valence-corrected chi connectivity index (χ3v) is 4.90. The van der Waals surface area contributed by atoms with E-state index < -0.39 is 0 Å². The van der Waals surface area contributed by atoms with Gasteiger partial charge in [0.1, 0.15) is 0 Å². The van der Waals surface area contributed by atoms with Gasteiger partial charge in [-0.2, -0.15) is 5.10 Å². The normalized spacial score (nSPS) is 13.4. The number of hydrogen-bond acceptors (Lipinski definition) is 4. The zero-order valence-electron chi connectivity index (χ0n) is 14.9. The standard InChI is InChI=1S/C20H21N5O2/c21-15-7-3-9-17-13(15)6-4-12-25(17)18(26)10-11-22-20(27)19-14-5-1-2-8-16(14)23-24-19/h1-3,5,7-9H,4,6,10-12,21H2,(H,22,27)(H,23,24). The first-order valence-electron chi connectivity index (χ1n) is 9.04. The highest BCUT2D eigenvalue weighted by molar-refractivity contribution is 6.04. The second kappa shape index (κ2) is 7.11. The molecular weight excluding hydrogens is 342 g/mol. The third kappa shape index (κ3) is 3.23. The van der Waals surface area contributed by atoms with E-state index in [0.29, 0.717) is 12.2 Å². The molecule has 138 valence electrons. The van der Waals surface area contributed by atoms with Gasteiger partial charge in [0.2, 0.25) is 5.91 Å². The maximum Gasteiger partial charge on any atom is 0.272 e. The molecule has 0 fully saturated rings. The number of nitrogens with two attached hydrogens (primary N) is 1. The number of fused-ring (bicyclic) bond motifs is 2. The van der Waals surface area contributed by atoms with Crippen molar-refractivity contribution >= 4 is 34.1 Å². The van der Waals surface area contributed by atoms with Crippen LogP contribution in [-0.4, -0.2) is 35.1 Å². The molecule has 0 aliphatic carbocycles. The molecule has 0 bridgehead atoms. The molecule has 1 aliphatic rings. The fourth-order valence-corrected chi connectivity index (χ4v) is 3.55.